The van der Waals surface area contributed by atoms with Gasteiger partial charge in [-0.05, 0) is 31.2 Å². The maximum absolute atomic E-state index is 12.7. The zero-order chi connectivity index (χ0) is 22.3. The quantitative estimate of drug-likeness (QED) is 0.470. The lowest BCUT2D eigenvalue weighted by Crippen LogP contribution is -2.29. The number of rotatable bonds is 6. The van der Waals surface area contributed by atoms with Crippen molar-refractivity contribution >= 4 is 43.7 Å². The number of aromatic nitrogens is 5. The molecular weight excluding hydrogens is 518 g/mol. The van der Waals surface area contributed by atoms with Crippen LogP contribution in [0.15, 0.2) is 45.6 Å². The molecule has 160 valence electrons. The molecule has 1 N–H and O–H groups in total. The Kier molecular flexibility index (Phi) is 8.88. The summed E-state index contributed by atoms with van der Waals surface area (Å²) in [6.45, 7) is 5.81. The molecule has 0 aliphatic rings. The van der Waals surface area contributed by atoms with Crippen molar-refractivity contribution in [3.05, 3.63) is 57.0 Å². The number of benzene rings is 1. The second kappa shape index (κ2) is 11.1. The standard InChI is InChI=1S/C17H17Br2N7O2.C2H6/c1-10(22-15(27)11-7-12(18)9-13(19)8-11)14-23-17(25(2)28-3)24-26(14)16-20-5-4-6-21-16;1-2/h4-10H,1-3H3,(H,22,27);1-2H3/t10-;/m0./s1. The van der Waals surface area contributed by atoms with Gasteiger partial charge in [-0.3, -0.25) is 9.63 Å². The fraction of sp³-hybridized carbons (Fsp3) is 0.316. The third-order valence-corrected chi connectivity index (χ3v) is 4.69. The molecule has 0 spiro atoms. The first-order valence-corrected chi connectivity index (χ1v) is 10.8. The Hall–Kier alpha value is -2.37. The predicted octanol–water partition coefficient (Wildman–Crippen LogP) is 4.10. The van der Waals surface area contributed by atoms with Crippen LogP contribution in [0.3, 0.4) is 0 Å². The minimum atomic E-state index is -0.472. The molecule has 1 amide bonds. The molecule has 0 fully saturated rings. The van der Waals surface area contributed by atoms with Crippen LogP contribution in [0.5, 0.6) is 0 Å². The Bertz CT molecular complexity index is 962. The molecule has 11 heteroatoms. The van der Waals surface area contributed by atoms with E-state index in [-0.39, 0.29) is 5.91 Å². The van der Waals surface area contributed by atoms with Gasteiger partial charge in [0.1, 0.15) is 0 Å². The van der Waals surface area contributed by atoms with Gasteiger partial charge in [0.2, 0.25) is 0 Å². The Morgan fingerprint density at radius 1 is 1.17 bits per heavy atom. The summed E-state index contributed by atoms with van der Waals surface area (Å²) in [5.41, 5.74) is 0.504. The molecule has 9 nitrogen and oxygen atoms in total. The van der Waals surface area contributed by atoms with Crippen molar-refractivity contribution in [2.24, 2.45) is 0 Å². The van der Waals surface area contributed by atoms with Crippen LogP contribution in [0.1, 0.15) is 43.0 Å². The highest BCUT2D eigenvalue weighted by Crippen LogP contribution is 2.22. The number of carbonyl (C=O) groups excluding carboxylic acids is 1. The minimum absolute atomic E-state index is 0.250. The van der Waals surface area contributed by atoms with Gasteiger partial charge < -0.3 is 5.32 Å². The van der Waals surface area contributed by atoms with Crippen molar-refractivity contribution in [1.29, 1.82) is 0 Å². The van der Waals surface area contributed by atoms with E-state index in [0.29, 0.717) is 23.3 Å². The van der Waals surface area contributed by atoms with Gasteiger partial charge in [-0.1, -0.05) is 45.7 Å². The van der Waals surface area contributed by atoms with Crippen LogP contribution in [0.25, 0.3) is 5.95 Å². The van der Waals surface area contributed by atoms with E-state index >= 15 is 0 Å². The monoisotopic (exact) mass is 539 g/mol. The summed E-state index contributed by atoms with van der Waals surface area (Å²) >= 11 is 6.78. The molecule has 0 aliphatic carbocycles. The Labute approximate surface area is 192 Å². The van der Waals surface area contributed by atoms with Crippen LogP contribution in [-0.4, -0.2) is 44.8 Å². The van der Waals surface area contributed by atoms with E-state index in [1.807, 2.05) is 26.8 Å². The number of halogens is 2. The highest BCUT2D eigenvalue weighted by molar-refractivity contribution is 9.11. The van der Waals surface area contributed by atoms with Gasteiger partial charge in [0.05, 0.1) is 13.2 Å². The summed E-state index contributed by atoms with van der Waals surface area (Å²) in [5, 5.41) is 8.73. The van der Waals surface area contributed by atoms with Crippen molar-refractivity contribution < 1.29 is 9.63 Å². The molecule has 1 atom stereocenters. The molecule has 2 aromatic heterocycles. The molecule has 30 heavy (non-hydrogen) atoms. The topological polar surface area (TPSA) is 98.1 Å². The van der Waals surface area contributed by atoms with Crippen LogP contribution in [-0.2, 0) is 4.84 Å². The summed E-state index contributed by atoms with van der Waals surface area (Å²) in [7, 11) is 3.19. The number of nitrogens with one attached hydrogen (secondary N) is 1. The SMILES string of the molecule is CC.CON(C)c1nc([C@H](C)NC(=O)c2cc(Br)cc(Br)c2)n(-c2ncccn2)n1. The van der Waals surface area contributed by atoms with Gasteiger partial charge in [0, 0.05) is 34.0 Å². The first kappa shape index (κ1) is 23.9. The predicted molar refractivity (Wildman–Crippen MR) is 121 cm³/mol. The molecule has 1 aromatic carbocycles. The van der Waals surface area contributed by atoms with Crippen LogP contribution in [0.4, 0.5) is 5.95 Å². The zero-order valence-corrected chi connectivity index (χ0v) is 20.5. The molecule has 0 bridgehead atoms. The number of hydrogen-bond donors (Lipinski definition) is 1. The second-order valence-electron chi connectivity index (χ2n) is 5.76. The molecule has 3 rings (SSSR count). The van der Waals surface area contributed by atoms with Crippen LogP contribution in [0.2, 0.25) is 0 Å². The van der Waals surface area contributed by atoms with Crippen molar-refractivity contribution in [3.8, 4) is 5.95 Å². The van der Waals surface area contributed by atoms with Crippen molar-refractivity contribution in [3.63, 3.8) is 0 Å². The Balaban J connectivity index is 0.00000155. The first-order valence-electron chi connectivity index (χ1n) is 9.18. The van der Waals surface area contributed by atoms with E-state index in [9.17, 15) is 4.79 Å². The summed E-state index contributed by atoms with van der Waals surface area (Å²) in [6.07, 6.45) is 3.21. The van der Waals surface area contributed by atoms with Crippen LogP contribution >= 0.6 is 31.9 Å². The summed E-state index contributed by atoms with van der Waals surface area (Å²) < 4.78 is 3.07. The van der Waals surface area contributed by atoms with Gasteiger partial charge in [-0.15, -0.1) is 5.10 Å². The van der Waals surface area contributed by atoms with Gasteiger partial charge in [0.15, 0.2) is 5.82 Å². The maximum atomic E-state index is 12.7. The fourth-order valence-corrected chi connectivity index (χ4v) is 3.68. The summed E-state index contributed by atoms with van der Waals surface area (Å²) in [4.78, 5) is 30.8. The zero-order valence-electron chi connectivity index (χ0n) is 17.3. The number of carbonyl (C=O) groups is 1. The van der Waals surface area contributed by atoms with E-state index in [2.05, 4.69) is 57.2 Å². The van der Waals surface area contributed by atoms with E-state index < -0.39 is 6.04 Å². The van der Waals surface area contributed by atoms with Crippen LogP contribution < -0.4 is 10.4 Å². The number of hydrogen-bond acceptors (Lipinski definition) is 7. The molecule has 2 heterocycles. The highest BCUT2D eigenvalue weighted by atomic mass is 79.9. The lowest BCUT2D eigenvalue weighted by molar-refractivity contribution is 0.0937. The van der Waals surface area contributed by atoms with Gasteiger partial charge in [0.25, 0.3) is 17.8 Å². The van der Waals surface area contributed by atoms with E-state index in [0.717, 1.165) is 8.95 Å². The lowest BCUT2D eigenvalue weighted by Gasteiger charge is -2.14. The minimum Gasteiger partial charge on any atom is -0.342 e. The molecular formula is C19H23Br2N7O2. The Morgan fingerprint density at radius 3 is 2.33 bits per heavy atom. The smallest absolute Gasteiger partial charge is 0.269 e. The fourth-order valence-electron chi connectivity index (χ4n) is 2.39. The van der Waals surface area contributed by atoms with Crippen LogP contribution in [0, 0.1) is 0 Å². The molecule has 0 saturated heterocycles. The molecule has 3 aromatic rings. The largest absolute Gasteiger partial charge is 0.342 e. The van der Waals surface area contributed by atoms with Crippen molar-refractivity contribution in [2.75, 3.05) is 19.2 Å². The first-order chi connectivity index (χ1) is 14.4. The average Bonchev–Trinajstić information content (AvgIpc) is 3.20. The average molecular weight is 541 g/mol. The normalized spacial score (nSPS) is 11.3. The molecule has 0 aliphatic heterocycles. The molecule has 0 radical (unpaired) electrons. The number of hydroxylamine groups is 1. The van der Waals surface area contributed by atoms with E-state index in [1.54, 1.807) is 37.6 Å². The molecule has 0 unspecified atom stereocenters. The number of amides is 1. The van der Waals surface area contributed by atoms with E-state index in [4.69, 9.17) is 4.84 Å². The van der Waals surface area contributed by atoms with Gasteiger partial charge in [-0.25, -0.2) is 15.0 Å². The second-order valence-corrected chi connectivity index (χ2v) is 7.60. The van der Waals surface area contributed by atoms with Gasteiger partial charge in [-0.2, -0.15) is 9.67 Å². The summed E-state index contributed by atoms with van der Waals surface area (Å²) in [5.74, 6) is 0.871. The van der Waals surface area contributed by atoms with Crippen molar-refractivity contribution in [2.45, 2.75) is 26.8 Å². The maximum Gasteiger partial charge on any atom is 0.269 e. The summed E-state index contributed by atoms with van der Waals surface area (Å²) in [6, 6.07) is 6.57. The highest BCUT2D eigenvalue weighted by Gasteiger charge is 2.23. The molecule has 0 saturated carbocycles. The third-order valence-electron chi connectivity index (χ3n) is 3.78. The van der Waals surface area contributed by atoms with Gasteiger partial charge >= 0.3 is 0 Å². The van der Waals surface area contributed by atoms with Crippen molar-refractivity contribution in [1.82, 2.24) is 30.0 Å². The number of anilines is 1. The number of nitrogens with zero attached hydrogens (tertiary/aromatic N) is 6. The Morgan fingerprint density at radius 2 is 1.77 bits per heavy atom. The lowest BCUT2D eigenvalue weighted by atomic mass is 10.2. The van der Waals surface area contributed by atoms with E-state index in [1.165, 1.54) is 16.9 Å². The third kappa shape index (κ3) is 5.83.